The average molecular weight is 261 g/mol. The summed E-state index contributed by atoms with van der Waals surface area (Å²) in [6.45, 7) is 0. The SMILES string of the molecule is O=C(c1ccc(Br)c(F)c1F)C1CC1. The van der Waals surface area contributed by atoms with Gasteiger partial charge in [-0.1, -0.05) is 0 Å². The van der Waals surface area contributed by atoms with Gasteiger partial charge in [-0.2, -0.15) is 0 Å². The Morgan fingerprint density at radius 3 is 2.50 bits per heavy atom. The summed E-state index contributed by atoms with van der Waals surface area (Å²) >= 11 is 2.86. The van der Waals surface area contributed by atoms with Gasteiger partial charge in [0.05, 0.1) is 10.0 Å². The van der Waals surface area contributed by atoms with E-state index in [-0.39, 0.29) is 21.7 Å². The van der Waals surface area contributed by atoms with Gasteiger partial charge >= 0.3 is 0 Å². The fraction of sp³-hybridized carbons (Fsp3) is 0.300. The molecule has 1 saturated carbocycles. The molecule has 0 aromatic heterocycles. The molecule has 0 N–H and O–H groups in total. The van der Waals surface area contributed by atoms with E-state index in [0.29, 0.717) is 0 Å². The molecular formula is C10H7BrF2O. The molecule has 1 fully saturated rings. The van der Waals surface area contributed by atoms with E-state index < -0.39 is 11.6 Å². The number of hydrogen-bond donors (Lipinski definition) is 0. The van der Waals surface area contributed by atoms with E-state index in [9.17, 15) is 13.6 Å². The minimum atomic E-state index is -1.05. The number of carbonyl (C=O) groups is 1. The van der Waals surface area contributed by atoms with Crippen LogP contribution in [0.15, 0.2) is 16.6 Å². The molecule has 0 bridgehead atoms. The Morgan fingerprint density at radius 2 is 1.93 bits per heavy atom. The Morgan fingerprint density at radius 1 is 1.29 bits per heavy atom. The van der Waals surface area contributed by atoms with Crippen LogP contribution in [0, 0.1) is 17.6 Å². The third-order valence-electron chi connectivity index (χ3n) is 2.25. The normalized spacial score (nSPS) is 15.6. The Kier molecular flexibility index (Phi) is 2.39. The summed E-state index contributed by atoms with van der Waals surface area (Å²) in [4.78, 5) is 11.5. The van der Waals surface area contributed by atoms with Gasteiger partial charge in [-0.05, 0) is 40.9 Å². The van der Waals surface area contributed by atoms with Crippen molar-refractivity contribution in [3.05, 3.63) is 33.8 Å². The molecule has 2 rings (SSSR count). The third-order valence-corrected chi connectivity index (χ3v) is 2.86. The zero-order valence-corrected chi connectivity index (χ0v) is 8.77. The molecule has 0 heterocycles. The molecule has 74 valence electrons. The Balaban J connectivity index is 2.43. The summed E-state index contributed by atoms with van der Waals surface area (Å²) in [5.74, 6) is -2.41. The van der Waals surface area contributed by atoms with E-state index in [1.165, 1.54) is 12.1 Å². The topological polar surface area (TPSA) is 17.1 Å². The second kappa shape index (κ2) is 3.42. The van der Waals surface area contributed by atoms with Crippen molar-refractivity contribution in [3.8, 4) is 0 Å². The third kappa shape index (κ3) is 1.59. The molecule has 1 aromatic rings. The Bertz CT molecular complexity index is 399. The highest BCUT2D eigenvalue weighted by molar-refractivity contribution is 9.10. The molecule has 1 nitrogen and oxygen atoms in total. The number of ketones is 1. The molecule has 1 aliphatic rings. The van der Waals surface area contributed by atoms with E-state index in [1.807, 2.05) is 0 Å². The van der Waals surface area contributed by atoms with Crippen LogP contribution in [0.2, 0.25) is 0 Å². The van der Waals surface area contributed by atoms with Gasteiger partial charge in [0.2, 0.25) is 0 Å². The van der Waals surface area contributed by atoms with Crippen LogP contribution in [-0.2, 0) is 0 Å². The first-order valence-electron chi connectivity index (χ1n) is 4.29. The van der Waals surface area contributed by atoms with E-state index in [1.54, 1.807) is 0 Å². The predicted octanol–water partition coefficient (Wildman–Crippen LogP) is 3.32. The van der Waals surface area contributed by atoms with Crippen molar-refractivity contribution in [2.45, 2.75) is 12.8 Å². The van der Waals surface area contributed by atoms with Crippen molar-refractivity contribution in [2.24, 2.45) is 5.92 Å². The van der Waals surface area contributed by atoms with E-state index in [2.05, 4.69) is 15.9 Å². The number of Topliss-reactive ketones (excluding diaryl/α,β-unsaturated/α-hetero) is 1. The molecule has 0 saturated heterocycles. The number of carbonyl (C=O) groups excluding carboxylic acids is 1. The molecule has 4 heteroatoms. The average Bonchev–Trinajstić information content (AvgIpc) is 2.97. The van der Waals surface area contributed by atoms with Gasteiger partial charge in [0, 0.05) is 5.92 Å². The van der Waals surface area contributed by atoms with Crippen LogP contribution >= 0.6 is 15.9 Å². The fourth-order valence-corrected chi connectivity index (χ4v) is 1.59. The molecule has 0 unspecified atom stereocenters. The molecular weight excluding hydrogens is 254 g/mol. The van der Waals surface area contributed by atoms with E-state index in [0.717, 1.165) is 12.8 Å². The number of halogens is 3. The van der Waals surface area contributed by atoms with Gasteiger partial charge in [-0.15, -0.1) is 0 Å². The maximum absolute atomic E-state index is 13.3. The molecule has 0 radical (unpaired) electrons. The van der Waals surface area contributed by atoms with Crippen molar-refractivity contribution in [1.82, 2.24) is 0 Å². The quantitative estimate of drug-likeness (QED) is 0.589. The lowest BCUT2D eigenvalue weighted by Gasteiger charge is -2.02. The van der Waals surface area contributed by atoms with Gasteiger partial charge in [0.1, 0.15) is 0 Å². The molecule has 0 amide bonds. The van der Waals surface area contributed by atoms with E-state index >= 15 is 0 Å². The largest absolute Gasteiger partial charge is 0.294 e. The van der Waals surface area contributed by atoms with Crippen molar-refractivity contribution in [2.75, 3.05) is 0 Å². The lowest BCUT2D eigenvalue weighted by Crippen LogP contribution is -2.06. The van der Waals surface area contributed by atoms with E-state index in [4.69, 9.17) is 0 Å². The van der Waals surface area contributed by atoms with Crippen molar-refractivity contribution in [1.29, 1.82) is 0 Å². The summed E-state index contributed by atoms with van der Waals surface area (Å²) in [7, 11) is 0. The fourth-order valence-electron chi connectivity index (χ4n) is 1.28. The van der Waals surface area contributed by atoms with Crippen LogP contribution < -0.4 is 0 Å². The highest BCUT2D eigenvalue weighted by Crippen LogP contribution is 2.34. The number of benzene rings is 1. The monoisotopic (exact) mass is 260 g/mol. The van der Waals surface area contributed by atoms with Crippen LogP contribution in [0.5, 0.6) is 0 Å². The van der Waals surface area contributed by atoms with Gasteiger partial charge < -0.3 is 0 Å². The van der Waals surface area contributed by atoms with Gasteiger partial charge in [0.15, 0.2) is 17.4 Å². The first-order chi connectivity index (χ1) is 6.61. The number of hydrogen-bond acceptors (Lipinski definition) is 1. The minimum absolute atomic E-state index is 0.0438. The Labute approximate surface area is 88.2 Å². The smallest absolute Gasteiger partial charge is 0.173 e. The molecule has 14 heavy (non-hydrogen) atoms. The highest BCUT2D eigenvalue weighted by atomic mass is 79.9. The van der Waals surface area contributed by atoms with Crippen LogP contribution in [0.25, 0.3) is 0 Å². The van der Waals surface area contributed by atoms with Gasteiger partial charge in [-0.3, -0.25) is 4.79 Å². The standard InChI is InChI=1S/C10H7BrF2O/c11-7-4-3-6(8(12)9(7)13)10(14)5-1-2-5/h3-5H,1-2H2. The summed E-state index contributed by atoms with van der Waals surface area (Å²) in [6, 6.07) is 2.68. The van der Waals surface area contributed by atoms with Gasteiger partial charge in [-0.25, -0.2) is 8.78 Å². The molecule has 1 aromatic carbocycles. The lowest BCUT2D eigenvalue weighted by molar-refractivity contribution is 0.0962. The zero-order valence-electron chi connectivity index (χ0n) is 7.19. The molecule has 0 atom stereocenters. The zero-order chi connectivity index (χ0) is 10.3. The van der Waals surface area contributed by atoms with Crippen LogP contribution in [0.4, 0.5) is 8.78 Å². The molecule has 0 spiro atoms. The molecule has 1 aliphatic carbocycles. The number of rotatable bonds is 2. The van der Waals surface area contributed by atoms with Crippen molar-refractivity contribution < 1.29 is 13.6 Å². The second-order valence-corrected chi connectivity index (χ2v) is 4.22. The Hall–Kier alpha value is -0.770. The second-order valence-electron chi connectivity index (χ2n) is 3.36. The maximum Gasteiger partial charge on any atom is 0.173 e. The summed E-state index contributed by atoms with van der Waals surface area (Å²) in [6.07, 6.45) is 1.58. The van der Waals surface area contributed by atoms with Gasteiger partial charge in [0.25, 0.3) is 0 Å². The highest BCUT2D eigenvalue weighted by Gasteiger charge is 2.32. The van der Waals surface area contributed by atoms with Crippen LogP contribution in [-0.4, -0.2) is 5.78 Å². The first-order valence-corrected chi connectivity index (χ1v) is 5.08. The maximum atomic E-state index is 13.3. The van der Waals surface area contributed by atoms with Crippen molar-refractivity contribution in [3.63, 3.8) is 0 Å². The van der Waals surface area contributed by atoms with Crippen LogP contribution in [0.3, 0.4) is 0 Å². The predicted molar refractivity (Wildman–Crippen MR) is 51.1 cm³/mol. The summed E-state index contributed by atoms with van der Waals surface area (Å²) < 4.78 is 26.4. The lowest BCUT2D eigenvalue weighted by atomic mass is 10.1. The summed E-state index contributed by atoms with van der Waals surface area (Å²) in [5.41, 5.74) is -0.131. The summed E-state index contributed by atoms with van der Waals surface area (Å²) in [5, 5.41) is 0. The first kappa shape index (κ1) is 9.77. The molecule has 0 aliphatic heterocycles. The van der Waals surface area contributed by atoms with Crippen molar-refractivity contribution >= 4 is 21.7 Å². The minimum Gasteiger partial charge on any atom is -0.294 e. The van der Waals surface area contributed by atoms with Crippen LogP contribution in [0.1, 0.15) is 23.2 Å².